The maximum Gasteiger partial charge on any atom is 0.329 e. The van der Waals surface area contributed by atoms with Gasteiger partial charge in [-0.15, -0.1) is 0 Å². The van der Waals surface area contributed by atoms with Crippen molar-refractivity contribution in [1.82, 2.24) is 0 Å². The van der Waals surface area contributed by atoms with E-state index in [1.54, 1.807) is 24.3 Å². The van der Waals surface area contributed by atoms with Gasteiger partial charge in [0.2, 0.25) is 0 Å². The highest BCUT2D eigenvalue weighted by molar-refractivity contribution is 7.94. The maximum absolute atomic E-state index is 11.9. The number of benzene rings is 2. The SMILES string of the molecule is O=C(O)C=CS(=O)(=O)c1ccc2cc(Cl)ccc2c1. The molecule has 0 aliphatic rings. The lowest BCUT2D eigenvalue weighted by atomic mass is 10.1. The van der Waals surface area contributed by atoms with Gasteiger partial charge in [-0.1, -0.05) is 23.7 Å². The van der Waals surface area contributed by atoms with Crippen molar-refractivity contribution in [3.63, 3.8) is 0 Å². The zero-order chi connectivity index (χ0) is 14.0. The van der Waals surface area contributed by atoms with Gasteiger partial charge in [0, 0.05) is 16.5 Å². The van der Waals surface area contributed by atoms with Gasteiger partial charge in [-0.3, -0.25) is 0 Å². The highest BCUT2D eigenvalue weighted by Crippen LogP contribution is 2.23. The summed E-state index contributed by atoms with van der Waals surface area (Å²) in [6.45, 7) is 0. The van der Waals surface area contributed by atoms with Crippen LogP contribution < -0.4 is 0 Å². The summed E-state index contributed by atoms with van der Waals surface area (Å²) in [6.07, 6.45) is 0.599. The average Bonchev–Trinajstić information content (AvgIpc) is 2.36. The summed E-state index contributed by atoms with van der Waals surface area (Å²) in [7, 11) is -3.75. The highest BCUT2D eigenvalue weighted by Gasteiger charge is 2.11. The lowest BCUT2D eigenvalue weighted by molar-refractivity contribution is -0.131. The first-order valence-electron chi connectivity index (χ1n) is 5.24. The van der Waals surface area contributed by atoms with Gasteiger partial charge in [0.05, 0.1) is 4.90 Å². The number of carboxylic acid groups (broad SMARTS) is 1. The van der Waals surface area contributed by atoms with Crippen molar-refractivity contribution in [2.24, 2.45) is 0 Å². The molecule has 0 saturated heterocycles. The quantitative estimate of drug-likeness (QED) is 0.884. The summed E-state index contributed by atoms with van der Waals surface area (Å²) in [4.78, 5) is 10.4. The van der Waals surface area contributed by atoms with Crippen molar-refractivity contribution >= 4 is 38.2 Å². The second-order valence-corrected chi connectivity index (χ2v) is 6.11. The smallest absolute Gasteiger partial charge is 0.329 e. The van der Waals surface area contributed by atoms with Crippen LogP contribution in [-0.2, 0) is 14.6 Å². The van der Waals surface area contributed by atoms with E-state index in [1.165, 1.54) is 12.1 Å². The second kappa shape index (κ2) is 5.03. The fourth-order valence-corrected chi connectivity index (χ4v) is 2.78. The molecule has 1 N–H and O–H groups in total. The maximum atomic E-state index is 11.9. The first kappa shape index (κ1) is 13.6. The normalized spacial score (nSPS) is 12.1. The number of carboxylic acids is 1. The number of rotatable bonds is 3. The molecular weight excluding hydrogens is 288 g/mol. The van der Waals surface area contributed by atoms with Crippen LogP contribution in [0.1, 0.15) is 0 Å². The molecule has 19 heavy (non-hydrogen) atoms. The Morgan fingerprint density at radius 3 is 2.42 bits per heavy atom. The van der Waals surface area contributed by atoms with E-state index in [0.29, 0.717) is 21.9 Å². The molecule has 0 saturated carbocycles. The highest BCUT2D eigenvalue weighted by atomic mass is 35.5. The Balaban J connectivity index is 2.52. The summed E-state index contributed by atoms with van der Waals surface area (Å²) in [5.41, 5.74) is 0. The Labute approximate surface area is 114 Å². The topological polar surface area (TPSA) is 71.4 Å². The van der Waals surface area contributed by atoms with E-state index in [9.17, 15) is 13.2 Å². The van der Waals surface area contributed by atoms with Crippen molar-refractivity contribution in [3.05, 3.63) is 52.9 Å². The fraction of sp³-hybridized carbons (Fsp3) is 0. The Morgan fingerprint density at radius 1 is 1.11 bits per heavy atom. The van der Waals surface area contributed by atoms with Crippen LogP contribution in [0.5, 0.6) is 0 Å². The fourth-order valence-electron chi connectivity index (χ4n) is 1.60. The van der Waals surface area contributed by atoms with Gasteiger partial charge in [-0.05, 0) is 35.0 Å². The molecule has 0 atom stereocenters. The van der Waals surface area contributed by atoms with Crippen molar-refractivity contribution < 1.29 is 18.3 Å². The van der Waals surface area contributed by atoms with E-state index in [2.05, 4.69) is 0 Å². The Bertz CT molecular complexity index is 778. The summed E-state index contributed by atoms with van der Waals surface area (Å²) < 4.78 is 23.7. The monoisotopic (exact) mass is 296 g/mol. The van der Waals surface area contributed by atoms with Gasteiger partial charge in [0.25, 0.3) is 0 Å². The van der Waals surface area contributed by atoms with Crippen molar-refractivity contribution in [2.45, 2.75) is 4.90 Å². The van der Waals surface area contributed by atoms with E-state index in [0.717, 1.165) is 5.39 Å². The van der Waals surface area contributed by atoms with E-state index in [-0.39, 0.29) is 4.90 Å². The third-order valence-corrected chi connectivity index (χ3v) is 4.13. The van der Waals surface area contributed by atoms with Crippen molar-refractivity contribution in [2.75, 3.05) is 0 Å². The van der Waals surface area contributed by atoms with Crippen molar-refractivity contribution in [3.8, 4) is 0 Å². The number of hydrogen-bond acceptors (Lipinski definition) is 3. The van der Waals surface area contributed by atoms with E-state index < -0.39 is 15.8 Å². The number of fused-ring (bicyclic) bond motifs is 1. The molecule has 0 aliphatic carbocycles. The molecule has 0 spiro atoms. The standard InChI is InChI=1S/C13H9ClO4S/c14-11-3-1-10-8-12(4-2-9(10)7-11)19(17,18)6-5-13(15)16/h1-8H,(H,15,16). The Hall–Kier alpha value is -1.85. The predicted octanol–water partition coefficient (Wildman–Crippen LogP) is 2.87. The van der Waals surface area contributed by atoms with E-state index in [1.807, 2.05) is 0 Å². The summed E-state index contributed by atoms with van der Waals surface area (Å²) >= 11 is 5.84. The second-order valence-electron chi connectivity index (χ2n) is 3.84. The summed E-state index contributed by atoms with van der Waals surface area (Å²) in [5, 5.41) is 11.2. The molecule has 0 aliphatic heterocycles. The minimum atomic E-state index is -3.75. The molecule has 98 valence electrons. The third kappa shape index (κ3) is 3.13. The summed E-state index contributed by atoms with van der Waals surface area (Å²) in [6, 6.07) is 9.61. The first-order valence-corrected chi connectivity index (χ1v) is 7.16. The van der Waals surface area contributed by atoms with E-state index >= 15 is 0 Å². The van der Waals surface area contributed by atoms with Gasteiger partial charge in [0.15, 0.2) is 9.84 Å². The van der Waals surface area contributed by atoms with Crippen LogP contribution in [0, 0.1) is 0 Å². The molecule has 2 rings (SSSR count). The predicted molar refractivity (Wildman–Crippen MR) is 72.9 cm³/mol. The molecule has 0 heterocycles. The third-order valence-electron chi connectivity index (χ3n) is 2.49. The van der Waals surface area contributed by atoms with Gasteiger partial charge < -0.3 is 5.11 Å². The van der Waals surface area contributed by atoms with Gasteiger partial charge >= 0.3 is 5.97 Å². The Kier molecular flexibility index (Phi) is 3.59. The van der Waals surface area contributed by atoms with E-state index in [4.69, 9.17) is 16.7 Å². The zero-order valence-electron chi connectivity index (χ0n) is 9.58. The molecule has 0 amide bonds. The number of sulfone groups is 1. The average molecular weight is 297 g/mol. The van der Waals surface area contributed by atoms with Crippen LogP contribution in [-0.4, -0.2) is 19.5 Å². The number of hydrogen-bond donors (Lipinski definition) is 1. The minimum absolute atomic E-state index is 0.0415. The molecule has 2 aromatic rings. The summed E-state index contributed by atoms with van der Waals surface area (Å²) in [5.74, 6) is -1.31. The van der Waals surface area contributed by atoms with Crippen LogP contribution in [0.3, 0.4) is 0 Å². The molecule has 0 fully saturated rings. The number of halogens is 1. The van der Waals surface area contributed by atoms with Gasteiger partial charge in [0.1, 0.15) is 0 Å². The van der Waals surface area contributed by atoms with Gasteiger partial charge in [-0.25, -0.2) is 13.2 Å². The van der Waals surface area contributed by atoms with Crippen LogP contribution in [0.15, 0.2) is 52.8 Å². The van der Waals surface area contributed by atoms with Crippen LogP contribution in [0.25, 0.3) is 10.8 Å². The largest absolute Gasteiger partial charge is 0.478 e. The molecule has 6 heteroatoms. The van der Waals surface area contributed by atoms with Crippen LogP contribution >= 0.6 is 11.6 Å². The van der Waals surface area contributed by atoms with Crippen LogP contribution in [0.4, 0.5) is 0 Å². The number of carbonyl (C=O) groups is 1. The first-order chi connectivity index (χ1) is 8.88. The number of aliphatic carboxylic acids is 1. The van der Waals surface area contributed by atoms with Crippen LogP contribution in [0.2, 0.25) is 5.02 Å². The Morgan fingerprint density at radius 2 is 1.74 bits per heavy atom. The lowest BCUT2D eigenvalue weighted by Gasteiger charge is -2.02. The zero-order valence-corrected chi connectivity index (χ0v) is 11.1. The molecule has 0 unspecified atom stereocenters. The van der Waals surface area contributed by atoms with Crippen molar-refractivity contribution in [1.29, 1.82) is 0 Å². The molecule has 0 aromatic heterocycles. The lowest BCUT2D eigenvalue weighted by Crippen LogP contribution is -1.98. The molecular formula is C13H9ClO4S. The minimum Gasteiger partial charge on any atom is -0.478 e. The van der Waals surface area contributed by atoms with Gasteiger partial charge in [-0.2, -0.15) is 0 Å². The molecule has 0 bridgehead atoms. The molecule has 2 aromatic carbocycles. The molecule has 0 radical (unpaired) electrons. The molecule has 4 nitrogen and oxygen atoms in total.